The van der Waals surface area contributed by atoms with Crippen LogP contribution in [0.4, 0.5) is 4.39 Å². The number of nitrogens with zero attached hydrogens (tertiary/aromatic N) is 1. The van der Waals surface area contributed by atoms with Crippen molar-refractivity contribution >= 4 is 44.6 Å². The number of carbonyl (C=O) groups excluding carboxylic acids is 2. The van der Waals surface area contributed by atoms with Gasteiger partial charge in [0.1, 0.15) is 5.82 Å². The van der Waals surface area contributed by atoms with Crippen LogP contribution in [0.25, 0.3) is 0 Å². The van der Waals surface area contributed by atoms with E-state index in [9.17, 15) is 14.0 Å². The Kier molecular flexibility index (Phi) is 5.89. The van der Waals surface area contributed by atoms with Gasteiger partial charge in [-0.05, 0) is 37.1 Å². The lowest BCUT2D eigenvalue weighted by Gasteiger charge is -2.36. The van der Waals surface area contributed by atoms with Gasteiger partial charge in [0.15, 0.2) is 5.78 Å². The Hall–Kier alpha value is -0.750. The van der Waals surface area contributed by atoms with Gasteiger partial charge in [-0.15, -0.1) is 17.0 Å². The average Bonchev–Trinajstić information content (AvgIpc) is 2.39. The van der Waals surface area contributed by atoms with Crippen LogP contribution in [0.1, 0.15) is 30.1 Å². The third-order valence-electron chi connectivity index (χ3n) is 3.51. The van der Waals surface area contributed by atoms with Crippen LogP contribution in [0, 0.1) is 5.82 Å². The highest BCUT2D eigenvalue weighted by molar-refractivity contribution is 9.10. The molecule has 3 nitrogen and oxygen atoms in total. The number of piperidine rings is 1. The first-order chi connectivity index (χ1) is 8.92. The Morgan fingerprint density at radius 2 is 1.70 bits per heavy atom. The third kappa shape index (κ3) is 3.67. The third-order valence-corrected chi connectivity index (χ3v) is 4.67. The monoisotopic (exact) mass is 407 g/mol. The summed E-state index contributed by atoms with van der Waals surface area (Å²) in [5.74, 6) is -0.369. The molecule has 0 aliphatic carbocycles. The van der Waals surface area contributed by atoms with E-state index in [4.69, 9.17) is 0 Å². The molecule has 20 heavy (non-hydrogen) atoms. The standard InChI is InChI=1S/C14H15BrFNO2.BrH/c1-10(18)17-8-6-14(15,7-9-17)13(19)11-2-4-12(16)5-3-11;/h2-5H,6-9H2,1H3;1H. The molecule has 6 heteroatoms. The van der Waals surface area contributed by atoms with Gasteiger partial charge in [-0.2, -0.15) is 0 Å². The van der Waals surface area contributed by atoms with Crippen LogP contribution in [-0.4, -0.2) is 34.0 Å². The Balaban J connectivity index is 0.00000200. The molecule has 0 aromatic heterocycles. The number of likely N-dealkylation sites (tertiary alicyclic amines) is 1. The van der Waals surface area contributed by atoms with Crippen molar-refractivity contribution in [3.8, 4) is 0 Å². The van der Waals surface area contributed by atoms with E-state index >= 15 is 0 Å². The largest absolute Gasteiger partial charge is 0.343 e. The summed E-state index contributed by atoms with van der Waals surface area (Å²) < 4.78 is 12.2. The predicted molar refractivity (Wildman–Crippen MR) is 84.2 cm³/mol. The van der Waals surface area contributed by atoms with Crippen LogP contribution in [0.3, 0.4) is 0 Å². The first kappa shape index (κ1) is 17.3. The first-order valence-electron chi connectivity index (χ1n) is 6.17. The molecule has 0 bridgehead atoms. The maximum atomic E-state index is 12.9. The lowest BCUT2D eigenvalue weighted by Crippen LogP contribution is -2.46. The second kappa shape index (κ2) is 6.80. The lowest BCUT2D eigenvalue weighted by molar-refractivity contribution is -0.129. The number of hydrogen-bond donors (Lipinski definition) is 0. The van der Waals surface area contributed by atoms with Gasteiger partial charge in [0.25, 0.3) is 0 Å². The van der Waals surface area contributed by atoms with Crippen molar-refractivity contribution in [1.82, 2.24) is 4.90 Å². The second-order valence-electron chi connectivity index (χ2n) is 4.81. The van der Waals surface area contributed by atoms with E-state index in [-0.39, 0.29) is 34.5 Å². The highest BCUT2D eigenvalue weighted by Crippen LogP contribution is 2.34. The van der Waals surface area contributed by atoms with Crippen molar-refractivity contribution in [2.24, 2.45) is 0 Å². The van der Waals surface area contributed by atoms with Gasteiger partial charge in [-0.3, -0.25) is 9.59 Å². The van der Waals surface area contributed by atoms with Crippen LogP contribution in [0.15, 0.2) is 24.3 Å². The molecular formula is C14H16Br2FNO2. The Bertz CT molecular complexity index is 496. The summed E-state index contributed by atoms with van der Waals surface area (Å²) in [5.41, 5.74) is 0.495. The van der Waals surface area contributed by atoms with Crippen LogP contribution in [0.2, 0.25) is 0 Å². The zero-order valence-electron chi connectivity index (χ0n) is 11.1. The van der Waals surface area contributed by atoms with E-state index in [1.807, 2.05) is 0 Å². The molecular weight excluding hydrogens is 393 g/mol. The topological polar surface area (TPSA) is 37.4 Å². The zero-order valence-corrected chi connectivity index (χ0v) is 14.4. The van der Waals surface area contributed by atoms with Crippen molar-refractivity contribution < 1.29 is 14.0 Å². The molecule has 0 unspecified atom stereocenters. The molecule has 0 N–H and O–H groups in total. The fourth-order valence-corrected chi connectivity index (χ4v) is 2.85. The Morgan fingerprint density at radius 3 is 2.15 bits per heavy atom. The molecule has 0 saturated carbocycles. The minimum absolute atomic E-state index is 0. The molecule has 1 fully saturated rings. The highest BCUT2D eigenvalue weighted by Gasteiger charge is 2.39. The van der Waals surface area contributed by atoms with E-state index in [2.05, 4.69) is 15.9 Å². The summed E-state index contributed by atoms with van der Waals surface area (Å²) in [6.07, 6.45) is 1.14. The van der Waals surface area contributed by atoms with Gasteiger partial charge in [-0.25, -0.2) is 4.39 Å². The number of Topliss-reactive ketones (excluding diaryl/α,β-unsaturated/α-hetero) is 1. The van der Waals surface area contributed by atoms with Gasteiger partial charge >= 0.3 is 0 Å². The number of carbonyl (C=O) groups is 2. The number of rotatable bonds is 2. The summed E-state index contributed by atoms with van der Waals surface area (Å²) >= 11 is 3.51. The molecule has 1 saturated heterocycles. The quantitative estimate of drug-likeness (QED) is 0.555. The van der Waals surface area contributed by atoms with Crippen molar-refractivity contribution in [1.29, 1.82) is 0 Å². The van der Waals surface area contributed by atoms with Crippen molar-refractivity contribution in [3.63, 3.8) is 0 Å². The van der Waals surface area contributed by atoms with Gasteiger partial charge in [-0.1, -0.05) is 15.9 Å². The summed E-state index contributed by atoms with van der Waals surface area (Å²) in [7, 11) is 0. The number of benzene rings is 1. The van der Waals surface area contributed by atoms with Crippen molar-refractivity contribution in [2.45, 2.75) is 24.1 Å². The van der Waals surface area contributed by atoms with E-state index in [0.717, 1.165) is 0 Å². The molecule has 1 aliphatic heterocycles. The number of hydrogen-bond acceptors (Lipinski definition) is 2. The molecule has 0 atom stereocenters. The van der Waals surface area contributed by atoms with E-state index < -0.39 is 4.32 Å². The molecule has 1 aliphatic rings. The normalized spacial score (nSPS) is 17.2. The average molecular weight is 409 g/mol. The van der Waals surface area contributed by atoms with Crippen LogP contribution in [-0.2, 0) is 4.79 Å². The molecule has 1 heterocycles. The maximum absolute atomic E-state index is 12.9. The lowest BCUT2D eigenvalue weighted by atomic mass is 9.88. The molecule has 0 spiro atoms. The molecule has 1 amide bonds. The molecule has 1 aromatic carbocycles. The smallest absolute Gasteiger partial charge is 0.219 e. The van der Waals surface area contributed by atoms with Crippen molar-refractivity contribution in [3.05, 3.63) is 35.6 Å². The predicted octanol–water partition coefficient (Wildman–Crippen LogP) is 3.36. The maximum Gasteiger partial charge on any atom is 0.219 e. The Labute approximate surface area is 136 Å². The number of ketones is 1. The summed E-state index contributed by atoms with van der Waals surface area (Å²) in [5, 5.41) is 0. The summed E-state index contributed by atoms with van der Waals surface area (Å²) in [6, 6.07) is 5.57. The minimum Gasteiger partial charge on any atom is -0.343 e. The van der Waals surface area contributed by atoms with Gasteiger partial charge in [0, 0.05) is 25.6 Å². The molecule has 1 aromatic rings. The van der Waals surface area contributed by atoms with Gasteiger partial charge < -0.3 is 4.90 Å². The van der Waals surface area contributed by atoms with Crippen LogP contribution >= 0.6 is 32.9 Å². The number of halogens is 3. The fourth-order valence-electron chi connectivity index (χ4n) is 2.26. The van der Waals surface area contributed by atoms with E-state index in [1.165, 1.54) is 31.2 Å². The van der Waals surface area contributed by atoms with E-state index in [0.29, 0.717) is 31.5 Å². The highest BCUT2D eigenvalue weighted by atomic mass is 79.9. The van der Waals surface area contributed by atoms with Gasteiger partial charge in [0.05, 0.1) is 4.32 Å². The molecule has 110 valence electrons. The van der Waals surface area contributed by atoms with Crippen molar-refractivity contribution in [2.75, 3.05) is 13.1 Å². The van der Waals surface area contributed by atoms with Crippen LogP contribution < -0.4 is 0 Å². The summed E-state index contributed by atoms with van der Waals surface area (Å²) in [4.78, 5) is 25.4. The minimum atomic E-state index is -0.642. The molecule has 0 radical (unpaired) electrons. The SMILES string of the molecule is Br.CC(=O)N1CCC(Br)(C(=O)c2ccc(F)cc2)CC1. The molecule has 2 rings (SSSR count). The summed E-state index contributed by atoms with van der Waals surface area (Å²) in [6.45, 7) is 2.66. The fraction of sp³-hybridized carbons (Fsp3) is 0.429. The van der Waals surface area contributed by atoms with E-state index in [1.54, 1.807) is 4.90 Å². The zero-order chi connectivity index (χ0) is 14.0. The number of amides is 1. The van der Waals surface area contributed by atoms with Crippen LogP contribution in [0.5, 0.6) is 0 Å². The Morgan fingerprint density at radius 1 is 1.20 bits per heavy atom. The second-order valence-corrected chi connectivity index (χ2v) is 6.33. The first-order valence-corrected chi connectivity index (χ1v) is 6.96. The van der Waals surface area contributed by atoms with Gasteiger partial charge in [0.2, 0.25) is 5.91 Å². The number of alkyl halides is 1.